The Hall–Kier alpha value is -0.950. The Bertz CT molecular complexity index is 980. The third-order valence-corrected chi connectivity index (χ3v) is 7.24. The van der Waals surface area contributed by atoms with Crippen LogP contribution in [0.1, 0.15) is 18.0 Å². The van der Waals surface area contributed by atoms with Crippen LogP contribution in [0.4, 0.5) is 0 Å². The molecule has 2 rings (SSSR count). The van der Waals surface area contributed by atoms with Crippen molar-refractivity contribution in [2.24, 2.45) is 0 Å². The van der Waals surface area contributed by atoms with Gasteiger partial charge in [0.2, 0.25) is 0 Å². The second kappa shape index (κ2) is 8.42. The molecular weight excluding hydrogens is 449 g/mol. The van der Waals surface area contributed by atoms with Gasteiger partial charge in [0, 0.05) is 11.8 Å². The number of aromatic amines is 1. The maximum atomic E-state index is 11.9. The molecule has 15 nitrogen and oxygen atoms in total. The van der Waals surface area contributed by atoms with Crippen molar-refractivity contribution in [3.8, 4) is 0 Å². The van der Waals surface area contributed by atoms with Gasteiger partial charge in [-0.3, -0.25) is 18.9 Å². The lowest BCUT2D eigenvalue weighted by Gasteiger charge is -2.17. The number of aromatic nitrogens is 2. The molecule has 1 aromatic heterocycles. The van der Waals surface area contributed by atoms with Crippen molar-refractivity contribution in [3.63, 3.8) is 0 Å². The van der Waals surface area contributed by atoms with Crippen LogP contribution in [0, 0.1) is 6.92 Å². The zero-order valence-electron chi connectivity index (χ0n) is 14.1. The van der Waals surface area contributed by atoms with Gasteiger partial charge in [-0.15, -0.1) is 0 Å². The molecule has 4 unspecified atom stereocenters. The molecule has 0 radical (unpaired) electrons. The van der Waals surface area contributed by atoms with Crippen molar-refractivity contribution in [3.05, 3.63) is 32.6 Å². The lowest BCUT2D eigenvalue weighted by molar-refractivity contribution is 0.0528. The summed E-state index contributed by atoms with van der Waals surface area (Å²) in [4.78, 5) is 60.7. The molecule has 1 aliphatic heterocycles. The molecule has 1 aliphatic rings. The van der Waals surface area contributed by atoms with Crippen LogP contribution >= 0.6 is 23.5 Å². The fourth-order valence-corrected chi connectivity index (χ4v) is 5.38. The van der Waals surface area contributed by atoms with Crippen molar-refractivity contribution >= 4 is 23.5 Å². The molecule has 1 aromatic rings. The van der Waals surface area contributed by atoms with E-state index in [9.17, 15) is 28.2 Å². The van der Waals surface area contributed by atoms with Crippen LogP contribution in [0.15, 0.2) is 15.8 Å². The molecule has 1 fully saturated rings. The predicted molar refractivity (Wildman–Crippen MR) is 89.3 cm³/mol. The van der Waals surface area contributed by atoms with Gasteiger partial charge in [-0.1, -0.05) is 0 Å². The molecule has 0 spiro atoms. The van der Waals surface area contributed by atoms with E-state index in [1.807, 2.05) is 0 Å². The van der Waals surface area contributed by atoms with Crippen molar-refractivity contribution < 1.29 is 51.2 Å². The molecule has 1 saturated heterocycles. The summed E-state index contributed by atoms with van der Waals surface area (Å²) in [6.45, 7) is 0.893. The Morgan fingerprint density at radius 2 is 1.82 bits per heavy atom. The summed E-state index contributed by atoms with van der Waals surface area (Å²) in [5.74, 6) is 0. The summed E-state index contributed by atoms with van der Waals surface area (Å²) in [5, 5.41) is 0. The third kappa shape index (κ3) is 6.83. The average Bonchev–Trinajstić information content (AvgIpc) is 2.94. The number of aryl methyl sites for hydroxylation is 1. The normalized spacial score (nSPS) is 24.6. The van der Waals surface area contributed by atoms with Gasteiger partial charge in [0.25, 0.3) is 5.56 Å². The summed E-state index contributed by atoms with van der Waals surface area (Å²) < 4.78 is 51.6. The smallest absolute Gasteiger partial charge is 0.374 e. The van der Waals surface area contributed by atoms with Crippen LogP contribution < -0.4 is 11.2 Å². The van der Waals surface area contributed by atoms with Gasteiger partial charge in [0.15, 0.2) is 0 Å². The quantitative estimate of drug-likeness (QED) is 0.306. The number of phosphoric ester groups is 1. The van der Waals surface area contributed by atoms with E-state index in [4.69, 9.17) is 19.4 Å². The van der Waals surface area contributed by atoms with Crippen molar-refractivity contribution in [2.45, 2.75) is 25.5 Å². The van der Waals surface area contributed by atoms with E-state index >= 15 is 0 Å². The van der Waals surface area contributed by atoms with Gasteiger partial charge >= 0.3 is 29.2 Å². The molecule has 4 atom stereocenters. The SMILES string of the molecule is Cc1cn(C2COC(COP(=O)(O)OP(=O)(O)OP(=O)(O)O)C2)c(=O)[nH]c1=O. The van der Waals surface area contributed by atoms with E-state index in [1.54, 1.807) is 0 Å². The molecule has 0 amide bonds. The summed E-state index contributed by atoms with van der Waals surface area (Å²) in [7, 11) is -16.3. The summed E-state index contributed by atoms with van der Waals surface area (Å²) in [5.41, 5.74) is -0.918. The first kappa shape index (κ1) is 23.3. The van der Waals surface area contributed by atoms with Crippen molar-refractivity contribution in [2.75, 3.05) is 13.2 Å². The Morgan fingerprint density at radius 3 is 2.43 bits per heavy atom. The Morgan fingerprint density at radius 1 is 1.18 bits per heavy atom. The number of ether oxygens (including phenoxy) is 1. The van der Waals surface area contributed by atoms with E-state index < -0.39 is 53.5 Å². The van der Waals surface area contributed by atoms with Gasteiger partial charge in [-0.2, -0.15) is 8.62 Å². The highest BCUT2D eigenvalue weighted by Gasteiger charge is 2.41. The largest absolute Gasteiger partial charge is 0.490 e. The first-order valence-electron chi connectivity index (χ1n) is 7.39. The van der Waals surface area contributed by atoms with Gasteiger partial charge in [0.1, 0.15) is 0 Å². The topological polar surface area (TPSA) is 224 Å². The van der Waals surface area contributed by atoms with Crippen LogP contribution in [-0.4, -0.2) is 48.4 Å². The maximum Gasteiger partial charge on any atom is 0.490 e. The van der Waals surface area contributed by atoms with Crippen molar-refractivity contribution in [1.29, 1.82) is 0 Å². The molecular formula is C10H17N2O13P3. The fourth-order valence-electron chi connectivity index (χ4n) is 2.33. The first-order chi connectivity index (χ1) is 12.7. The Balaban J connectivity index is 1.95. The third-order valence-electron chi connectivity index (χ3n) is 3.44. The fraction of sp³-hybridized carbons (Fsp3) is 0.600. The van der Waals surface area contributed by atoms with E-state index in [-0.39, 0.29) is 18.6 Å². The molecule has 0 saturated carbocycles. The summed E-state index contributed by atoms with van der Waals surface area (Å²) in [6.07, 6.45) is 0.634. The maximum absolute atomic E-state index is 11.9. The van der Waals surface area contributed by atoms with Crippen molar-refractivity contribution in [1.82, 2.24) is 9.55 Å². The molecule has 18 heteroatoms. The molecule has 0 bridgehead atoms. The number of phosphoric acid groups is 3. The van der Waals surface area contributed by atoms with E-state index in [1.165, 1.54) is 17.7 Å². The number of H-pyrrole nitrogens is 1. The lowest BCUT2D eigenvalue weighted by atomic mass is 10.2. The highest BCUT2D eigenvalue weighted by atomic mass is 31.3. The number of hydrogen-bond acceptors (Lipinski definition) is 9. The number of nitrogens with one attached hydrogen (secondary N) is 1. The van der Waals surface area contributed by atoms with Crippen LogP contribution in [0.5, 0.6) is 0 Å². The zero-order chi connectivity index (χ0) is 21.3. The van der Waals surface area contributed by atoms with Crippen LogP contribution in [0.2, 0.25) is 0 Å². The molecule has 160 valence electrons. The standard InChI is InChI=1S/C10H17N2O13P3/c1-6-3-12(10(14)11-9(6)13)7-2-8(22-4-7)5-23-27(18,19)25-28(20,21)24-26(15,16)17/h3,7-8H,2,4-5H2,1H3,(H,18,19)(H,20,21)(H,11,13,14)(H2,15,16,17). The zero-order valence-corrected chi connectivity index (χ0v) is 16.8. The predicted octanol–water partition coefficient (Wildman–Crippen LogP) is -0.482. The monoisotopic (exact) mass is 466 g/mol. The van der Waals surface area contributed by atoms with Crippen LogP contribution in [0.25, 0.3) is 0 Å². The minimum absolute atomic E-state index is 0.00974. The second-order valence-electron chi connectivity index (χ2n) is 5.71. The molecule has 0 aliphatic carbocycles. The Labute approximate surface area is 156 Å². The lowest BCUT2D eigenvalue weighted by Crippen LogP contribution is -2.33. The first-order valence-corrected chi connectivity index (χ1v) is 11.9. The van der Waals surface area contributed by atoms with E-state index in [0.717, 1.165) is 0 Å². The number of hydrogen-bond donors (Lipinski definition) is 5. The molecule has 5 N–H and O–H groups in total. The summed E-state index contributed by atoms with van der Waals surface area (Å²) in [6, 6.07) is -0.516. The van der Waals surface area contributed by atoms with Crippen LogP contribution in [-0.2, 0) is 31.6 Å². The van der Waals surface area contributed by atoms with Gasteiger partial charge in [-0.05, 0) is 13.3 Å². The van der Waals surface area contributed by atoms with Gasteiger partial charge in [-0.25, -0.2) is 18.5 Å². The summed E-state index contributed by atoms with van der Waals surface area (Å²) >= 11 is 0. The average molecular weight is 466 g/mol. The van der Waals surface area contributed by atoms with Crippen LogP contribution in [0.3, 0.4) is 0 Å². The second-order valence-corrected chi connectivity index (χ2v) is 10.1. The molecule has 0 aromatic carbocycles. The highest BCUT2D eigenvalue weighted by molar-refractivity contribution is 7.66. The minimum Gasteiger partial charge on any atom is -0.374 e. The van der Waals surface area contributed by atoms with E-state index in [0.29, 0.717) is 0 Å². The minimum atomic E-state index is -5.59. The Kier molecular flexibility index (Phi) is 7.02. The number of nitrogens with zero attached hydrogens (tertiary/aromatic N) is 1. The molecule has 2 heterocycles. The molecule has 28 heavy (non-hydrogen) atoms. The highest BCUT2D eigenvalue weighted by Crippen LogP contribution is 2.66. The van der Waals surface area contributed by atoms with Gasteiger partial charge < -0.3 is 24.3 Å². The number of rotatable bonds is 8. The van der Waals surface area contributed by atoms with E-state index in [2.05, 4.69) is 18.1 Å². The van der Waals surface area contributed by atoms with Gasteiger partial charge in [0.05, 0.1) is 25.4 Å².